The standard InChI is InChI=1S/C17H19BF2O3/c1-12(21-3)11-17(2,23-18(19)20)15-7-5-14-10-16(22-4)8-6-13(14)9-15/h5-11H,1-4H3/b12-11-. The molecule has 23 heavy (non-hydrogen) atoms. The van der Waals surface area contributed by atoms with Gasteiger partial charge in [0.25, 0.3) is 0 Å². The number of halogens is 2. The van der Waals surface area contributed by atoms with E-state index in [2.05, 4.69) is 0 Å². The zero-order valence-electron chi connectivity index (χ0n) is 13.6. The Hall–Kier alpha value is -2.08. The summed E-state index contributed by atoms with van der Waals surface area (Å²) < 4.78 is 40.9. The molecule has 2 aromatic rings. The molecule has 3 nitrogen and oxygen atoms in total. The van der Waals surface area contributed by atoms with E-state index >= 15 is 0 Å². The molecular weight excluding hydrogens is 301 g/mol. The Bertz CT molecular complexity index is 718. The van der Waals surface area contributed by atoms with Gasteiger partial charge in [0.05, 0.1) is 20.0 Å². The van der Waals surface area contributed by atoms with Crippen LogP contribution < -0.4 is 4.74 Å². The lowest BCUT2D eigenvalue weighted by atomic mass is 9.91. The molecule has 122 valence electrons. The summed E-state index contributed by atoms with van der Waals surface area (Å²) in [6, 6.07) is 11.1. The van der Waals surface area contributed by atoms with Gasteiger partial charge in [-0.25, -0.2) is 0 Å². The van der Waals surface area contributed by atoms with Crippen LogP contribution in [-0.2, 0) is 15.0 Å². The van der Waals surface area contributed by atoms with E-state index in [4.69, 9.17) is 14.1 Å². The first-order valence-electron chi connectivity index (χ1n) is 7.15. The fourth-order valence-electron chi connectivity index (χ4n) is 2.48. The highest BCUT2D eigenvalue weighted by Gasteiger charge is 2.33. The van der Waals surface area contributed by atoms with Crippen molar-refractivity contribution in [3.05, 3.63) is 53.8 Å². The van der Waals surface area contributed by atoms with Crippen LogP contribution in [0.5, 0.6) is 5.75 Å². The van der Waals surface area contributed by atoms with Crippen molar-refractivity contribution < 1.29 is 22.8 Å². The van der Waals surface area contributed by atoms with Crippen LogP contribution in [0.3, 0.4) is 0 Å². The monoisotopic (exact) mass is 320 g/mol. The summed E-state index contributed by atoms with van der Waals surface area (Å²) in [4.78, 5) is 0. The topological polar surface area (TPSA) is 27.7 Å². The van der Waals surface area contributed by atoms with Crippen molar-refractivity contribution in [2.75, 3.05) is 14.2 Å². The second-order valence-corrected chi connectivity index (χ2v) is 5.37. The highest BCUT2D eigenvalue weighted by molar-refractivity contribution is 6.34. The summed E-state index contributed by atoms with van der Waals surface area (Å²) in [6.07, 6.45) is 1.55. The van der Waals surface area contributed by atoms with Crippen LogP contribution in [0.2, 0.25) is 0 Å². The third-order valence-corrected chi connectivity index (χ3v) is 3.76. The number of methoxy groups -OCH3 is 2. The molecule has 1 atom stereocenters. The van der Waals surface area contributed by atoms with Gasteiger partial charge in [-0.3, -0.25) is 8.63 Å². The highest BCUT2D eigenvalue weighted by atomic mass is 19.2. The van der Waals surface area contributed by atoms with E-state index in [0.717, 1.165) is 16.5 Å². The molecule has 0 aromatic heterocycles. The summed E-state index contributed by atoms with van der Waals surface area (Å²) in [5.41, 5.74) is -0.672. The third kappa shape index (κ3) is 4.02. The summed E-state index contributed by atoms with van der Waals surface area (Å²) in [5.74, 6) is 1.25. The molecule has 0 saturated carbocycles. The van der Waals surface area contributed by atoms with Gasteiger partial charge in [0, 0.05) is 0 Å². The zero-order valence-corrected chi connectivity index (χ0v) is 13.6. The van der Waals surface area contributed by atoms with Crippen molar-refractivity contribution in [3.8, 4) is 5.75 Å². The molecule has 0 bridgehead atoms. The maximum absolute atomic E-state index is 12.9. The van der Waals surface area contributed by atoms with Crippen LogP contribution in [0.15, 0.2) is 48.2 Å². The van der Waals surface area contributed by atoms with Crippen molar-refractivity contribution in [3.63, 3.8) is 0 Å². The fraction of sp³-hybridized carbons (Fsp3) is 0.294. The second kappa shape index (κ2) is 7.00. The summed E-state index contributed by atoms with van der Waals surface area (Å²) in [6.45, 7) is 3.28. The summed E-state index contributed by atoms with van der Waals surface area (Å²) in [7, 11) is 0.190. The van der Waals surface area contributed by atoms with Crippen molar-refractivity contribution in [1.29, 1.82) is 0 Å². The number of fused-ring (bicyclic) bond motifs is 1. The minimum Gasteiger partial charge on any atom is -0.502 e. The van der Waals surface area contributed by atoms with Gasteiger partial charge in [-0.1, -0.05) is 18.2 Å². The van der Waals surface area contributed by atoms with E-state index in [1.807, 2.05) is 30.3 Å². The molecule has 1 unspecified atom stereocenters. The first-order valence-corrected chi connectivity index (χ1v) is 7.15. The van der Waals surface area contributed by atoms with Crippen LogP contribution in [0, 0.1) is 0 Å². The maximum atomic E-state index is 12.9. The molecule has 0 saturated heterocycles. The molecule has 2 aromatic carbocycles. The van der Waals surface area contributed by atoms with Gasteiger partial charge in [-0.05, 0) is 54.5 Å². The SMILES string of the molecule is CO/C(C)=C\C(C)(OB(F)F)c1ccc2cc(OC)ccc2c1. The number of hydrogen-bond donors (Lipinski definition) is 0. The average Bonchev–Trinajstić information content (AvgIpc) is 2.52. The number of hydrogen-bond acceptors (Lipinski definition) is 3. The van der Waals surface area contributed by atoms with E-state index in [9.17, 15) is 8.63 Å². The Morgan fingerprint density at radius 2 is 1.74 bits per heavy atom. The molecule has 0 amide bonds. The maximum Gasteiger partial charge on any atom is 0.721 e. The van der Waals surface area contributed by atoms with Crippen LogP contribution in [0.4, 0.5) is 8.63 Å². The van der Waals surface area contributed by atoms with E-state index in [0.29, 0.717) is 11.3 Å². The molecule has 0 fully saturated rings. The fourth-order valence-corrected chi connectivity index (χ4v) is 2.48. The van der Waals surface area contributed by atoms with Crippen molar-refractivity contribution in [1.82, 2.24) is 0 Å². The van der Waals surface area contributed by atoms with Gasteiger partial charge >= 0.3 is 7.47 Å². The normalized spacial score (nSPS) is 14.4. The van der Waals surface area contributed by atoms with E-state index < -0.39 is 13.1 Å². The van der Waals surface area contributed by atoms with Crippen molar-refractivity contribution in [2.24, 2.45) is 0 Å². The Kier molecular flexibility index (Phi) is 5.26. The van der Waals surface area contributed by atoms with Crippen LogP contribution in [0.1, 0.15) is 19.4 Å². The van der Waals surface area contributed by atoms with Gasteiger partial charge in [-0.15, -0.1) is 0 Å². The van der Waals surface area contributed by atoms with E-state index in [1.54, 1.807) is 33.1 Å². The van der Waals surface area contributed by atoms with E-state index in [1.165, 1.54) is 7.11 Å². The minimum absolute atomic E-state index is 0.503. The molecule has 0 N–H and O–H groups in total. The Labute approximate surface area is 135 Å². The van der Waals surface area contributed by atoms with Crippen molar-refractivity contribution >= 4 is 18.2 Å². The van der Waals surface area contributed by atoms with Gasteiger partial charge in [0.2, 0.25) is 0 Å². The van der Waals surface area contributed by atoms with Gasteiger partial charge in [0.15, 0.2) is 0 Å². The van der Waals surface area contributed by atoms with Crippen molar-refractivity contribution in [2.45, 2.75) is 19.4 Å². The predicted molar refractivity (Wildman–Crippen MR) is 87.7 cm³/mol. The lowest BCUT2D eigenvalue weighted by molar-refractivity contribution is 0.0994. The largest absolute Gasteiger partial charge is 0.721 e. The molecule has 2 rings (SSSR count). The highest BCUT2D eigenvalue weighted by Crippen LogP contribution is 2.33. The smallest absolute Gasteiger partial charge is 0.502 e. The Morgan fingerprint density at radius 1 is 1.09 bits per heavy atom. The van der Waals surface area contributed by atoms with Crippen LogP contribution >= 0.6 is 0 Å². The number of rotatable bonds is 6. The number of benzene rings is 2. The van der Waals surface area contributed by atoms with Gasteiger partial charge in [-0.2, -0.15) is 0 Å². The molecule has 0 aliphatic carbocycles. The Morgan fingerprint density at radius 3 is 2.35 bits per heavy atom. The Balaban J connectivity index is 2.52. The number of ether oxygens (including phenoxy) is 2. The van der Waals surface area contributed by atoms with Gasteiger partial charge < -0.3 is 14.1 Å². The van der Waals surface area contributed by atoms with E-state index in [-0.39, 0.29) is 0 Å². The number of allylic oxidation sites excluding steroid dienone is 1. The molecular formula is C17H19BF2O3. The zero-order chi connectivity index (χ0) is 17.0. The first kappa shape index (κ1) is 17.3. The molecule has 0 aliphatic rings. The lowest BCUT2D eigenvalue weighted by Gasteiger charge is -2.27. The van der Waals surface area contributed by atoms with Gasteiger partial charge in [0.1, 0.15) is 11.4 Å². The summed E-state index contributed by atoms with van der Waals surface area (Å²) in [5, 5.41) is 1.87. The molecule has 6 heteroatoms. The molecule has 0 radical (unpaired) electrons. The quantitative estimate of drug-likeness (QED) is 0.577. The molecule has 0 heterocycles. The third-order valence-electron chi connectivity index (χ3n) is 3.76. The van der Waals surface area contributed by atoms with Crippen LogP contribution in [0.25, 0.3) is 10.8 Å². The molecule has 0 spiro atoms. The molecule has 0 aliphatic heterocycles. The average molecular weight is 320 g/mol. The predicted octanol–water partition coefficient (Wildman–Crippen LogP) is 4.55. The summed E-state index contributed by atoms with van der Waals surface area (Å²) >= 11 is 0. The van der Waals surface area contributed by atoms with Crippen LogP contribution in [-0.4, -0.2) is 21.7 Å². The first-order chi connectivity index (χ1) is 10.9. The minimum atomic E-state index is -2.90. The second-order valence-electron chi connectivity index (χ2n) is 5.37. The lowest BCUT2D eigenvalue weighted by Crippen LogP contribution is -2.28.